The van der Waals surface area contributed by atoms with E-state index in [1.807, 2.05) is 12.1 Å². The molecular weight excluding hydrogens is 254 g/mol. The Morgan fingerprint density at radius 1 is 1.55 bits per heavy atom. The Morgan fingerprint density at radius 2 is 2.40 bits per heavy atom. The van der Waals surface area contributed by atoms with Crippen LogP contribution in [0, 0.1) is 11.3 Å². The van der Waals surface area contributed by atoms with Gasteiger partial charge in [0.15, 0.2) is 0 Å². The molecule has 0 bridgehead atoms. The van der Waals surface area contributed by atoms with E-state index < -0.39 is 0 Å². The SMILES string of the molecule is CCN1CCOC(CNc2c(C#N)cccc2OC)C1. The van der Waals surface area contributed by atoms with Gasteiger partial charge in [0.1, 0.15) is 11.8 Å². The first-order valence-electron chi connectivity index (χ1n) is 6.93. The van der Waals surface area contributed by atoms with E-state index in [4.69, 9.17) is 9.47 Å². The number of likely N-dealkylation sites (N-methyl/N-ethyl adjacent to an activating group) is 1. The molecule has 1 atom stereocenters. The summed E-state index contributed by atoms with van der Waals surface area (Å²) in [6.45, 7) is 6.54. The largest absolute Gasteiger partial charge is 0.495 e. The van der Waals surface area contributed by atoms with E-state index in [2.05, 4.69) is 23.2 Å². The van der Waals surface area contributed by atoms with Crippen molar-refractivity contribution in [3.05, 3.63) is 23.8 Å². The number of benzene rings is 1. The van der Waals surface area contributed by atoms with Gasteiger partial charge in [-0.15, -0.1) is 0 Å². The maximum Gasteiger partial charge on any atom is 0.143 e. The van der Waals surface area contributed by atoms with Crippen molar-refractivity contribution >= 4 is 5.69 Å². The second-order valence-electron chi connectivity index (χ2n) is 4.76. The maximum absolute atomic E-state index is 9.17. The molecule has 0 saturated carbocycles. The minimum atomic E-state index is 0.139. The van der Waals surface area contributed by atoms with Gasteiger partial charge >= 0.3 is 0 Å². The molecule has 1 unspecified atom stereocenters. The van der Waals surface area contributed by atoms with Gasteiger partial charge in [-0.25, -0.2) is 0 Å². The van der Waals surface area contributed by atoms with Crippen LogP contribution in [0.5, 0.6) is 5.75 Å². The number of morpholine rings is 1. The van der Waals surface area contributed by atoms with Crippen LogP contribution < -0.4 is 10.1 Å². The highest BCUT2D eigenvalue weighted by molar-refractivity contribution is 5.66. The number of rotatable bonds is 5. The normalized spacial score (nSPS) is 19.4. The first-order valence-corrected chi connectivity index (χ1v) is 6.93. The molecule has 2 rings (SSSR count). The lowest BCUT2D eigenvalue weighted by atomic mass is 10.1. The smallest absolute Gasteiger partial charge is 0.143 e. The van der Waals surface area contributed by atoms with Crippen molar-refractivity contribution in [1.82, 2.24) is 4.90 Å². The molecule has 20 heavy (non-hydrogen) atoms. The number of ether oxygens (including phenoxy) is 2. The summed E-state index contributed by atoms with van der Waals surface area (Å²) in [6.07, 6.45) is 0.139. The lowest BCUT2D eigenvalue weighted by Gasteiger charge is -2.32. The topological polar surface area (TPSA) is 57.5 Å². The van der Waals surface area contributed by atoms with Crippen LogP contribution in [0.25, 0.3) is 0 Å². The summed E-state index contributed by atoms with van der Waals surface area (Å²) in [5.74, 6) is 0.687. The van der Waals surface area contributed by atoms with Gasteiger partial charge < -0.3 is 14.8 Å². The van der Waals surface area contributed by atoms with Gasteiger partial charge in [-0.3, -0.25) is 4.90 Å². The van der Waals surface area contributed by atoms with Crippen molar-refractivity contribution in [2.45, 2.75) is 13.0 Å². The van der Waals surface area contributed by atoms with E-state index in [1.54, 1.807) is 13.2 Å². The predicted molar refractivity (Wildman–Crippen MR) is 78.1 cm³/mol. The van der Waals surface area contributed by atoms with Crippen LogP contribution in [0.2, 0.25) is 0 Å². The highest BCUT2D eigenvalue weighted by Gasteiger charge is 2.20. The number of nitriles is 1. The number of hydrogen-bond acceptors (Lipinski definition) is 5. The quantitative estimate of drug-likeness (QED) is 0.886. The van der Waals surface area contributed by atoms with Crippen molar-refractivity contribution < 1.29 is 9.47 Å². The highest BCUT2D eigenvalue weighted by Crippen LogP contribution is 2.27. The van der Waals surface area contributed by atoms with Crippen LogP contribution in [-0.4, -0.2) is 50.9 Å². The summed E-state index contributed by atoms with van der Waals surface area (Å²) in [6, 6.07) is 7.64. The van der Waals surface area contributed by atoms with E-state index >= 15 is 0 Å². The second-order valence-corrected chi connectivity index (χ2v) is 4.76. The van der Waals surface area contributed by atoms with E-state index in [9.17, 15) is 5.26 Å². The van der Waals surface area contributed by atoms with Crippen LogP contribution in [0.4, 0.5) is 5.69 Å². The van der Waals surface area contributed by atoms with Gasteiger partial charge in [0.25, 0.3) is 0 Å². The van der Waals surface area contributed by atoms with Crippen LogP contribution >= 0.6 is 0 Å². The first kappa shape index (κ1) is 14.6. The fraction of sp³-hybridized carbons (Fsp3) is 0.533. The minimum absolute atomic E-state index is 0.139. The molecule has 0 radical (unpaired) electrons. The van der Waals surface area contributed by atoms with Gasteiger partial charge in [0.05, 0.1) is 31.1 Å². The van der Waals surface area contributed by atoms with E-state index in [1.165, 1.54) is 0 Å². The van der Waals surface area contributed by atoms with Crippen LogP contribution in [0.3, 0.4) is 0 Å². The number of nitrogens with one attached hydrogen (secondary N) is 1. The number of anilines is 1. The Hall–Kier alpha value is -1.77. The zero-order valence-corrected chi connectivity index (χ0v) is 12.1. The molecule has 0 aliphatic carbocycles. The average molecular weight is 275 g/mol. The number of nitrogens with zero attached hydrogens (tertiary/aromatic N) is 2. The molecule has 5 heteroatoms. The molecule has 1 N–H and O–H groups in total. The van der Waals surface area contributed by atoms with Crippen LogP contribution in [-0.2, 0) is 4.74 Å². The highest BCUT2D eigenvalue weighted by atomic mass is 16.5. The summed E-state index contributed by atoms with van der Waals surface area (Å²) < 4.78 is 11.1. The molecule has 108 valence electrons. The minimum Gasteiger partial charge on any atom is -0.495 e. The van der Waals surface area contributed by atoms with Gasteiger partial charge in [0.2, 0.25) is 0 Å². The molecule has 1 aromatic rings. The fourth-order valence-electron chi connectivity index (χ4n) is 2.38. The molecule has 1 aliphatic rings. The third-order valence-corrected chi connectivity index (χ3v) is 3.54. The molecule has 1 aliphatic heterocycles. The van der Waals surface area contributed by atoms with Crippen LogP contribution in [0.1, 0.15) is 12.5 Å². The molecule has 1 heterocycles. The van der Waals surface area contributed by atoms with Crippen molar-refractivity contribution in [2.24, 2.45) is 0 Å². The zero-order chi connectivity index (χ0) is 14.4. The molecule has 5 nitrogen and oxygen atoms in total. The Balaban J connectivity index is 2.02. The number of methoxy groups -OCH3 is 1. The predicted octanol–water partition coefficient (Wildman–Crippen LogP) is 1.70. The molecular formula is C15H21N3O2. The van der Waals surface area contributed by atoms with Crippen molar-refractivity contribution in [1.29, 1.82) is 5.26 Å². The van der Waals surface area contributed by atoms with Gasteiger partial charge in [0, 0.05) is 19.6 Å². The first-order chi connectivity index (χ1) is 9.78. The van der Waals surface area contributed by atoms with E-state index in [0.717, 1.165) is 31.9 Å². The monoisotopic (exact) mass is 275 g/mol. The van der Waals surface area contributed by atoms with Crippen molar-refractivity contribution in [3.8, 4) is 11.8 Å². The lowest BCUT2D eigenvalue weighted by Crippen LogP contribution is -2.45. The molecule has 1 aromatic carbocycles. The third kappa shape index (κ3) is 3.41. The Bertz CT molecular complexity index is 484. The fourth-order valence-corrected chi connectivity index (χ4v) is 2.38. The van der Waals surface area contributed by atoms with Crippen LogP contribution in [0.15, 0.2) is 18.2 Å². The molecule has 1 fully saturated rings. The second kappa shape index (κ2) is 7.13. The molecule has 0 amide bonds. The Kier molecular flexibility index (Phi) is 5.22. The number of para-hydroxylation sites is 1. The van der Waals surface area contributed by atoms with Crippen molar-refractivity contribution in [2.75, 3.05) is 45.2 Å². The maximum atomic E-state index is 9.17. The summed E-state index contributed by atoms with van der Waals surface area (Å²) in [5.41, 5.74) is 1.34. The number of hydrogen-bond donors (Lipinski definition) is 1. The Morgan fingerprint density at radius 3 is 3.10 bits per heavy atom. The average Bonchev–Trinajstić information content (AvgIpc) is 2.52. The summed E-state index contributed by atoms with van der Waals surface area (Å²) in [5, 5.41) is 12.5. The van der Waals surface area contributed by atoms with Crippen molar-refractivity contribution in [3.63, 3.8) is 0 Å². The molecule has 0 aromatic heterocycles. The summed E-state index contributed by atoms with van der Waals surface area (Å²) in [4.78, 5) is 2.36. The third-order valence-electron chi connectivity index (χ3n) is 3.54. The standard InChI is InChI=1S/C15H21N3O2/c1-3-18-7-8-20-13(11-18)10-17-15-12(9-16)5-4-6-14(15)19-2/h4-6,13,17H,3,7-8,10-11H2,1-2H3. The summed E-state index contributed by atoms with van der Waals surface area (Å²) in [7, 11) is 1.61. The van der Waals surface area contributed by atoms with Gasteiger partial charge in [-0.2, -0.15) is 5.26 Å². The molecule has 1 saturated heterocycles. The zero-order valence-electron chi connectivity index (χ0n) is 12.1. The summed E-state index contributed by atoms with van der Waals surface area (Å²) >= 11 is 0. The van der Waals surface area contributed by atoms with E-state index in [-0.39, 0.29) is 6.10 Å². The van der Waals surface area contributed by atoms with Gasteiger partial charge in [-0.1, -0.05) is 13.0 Å². The molecule has 0 spiro atoms. The van der Waals surface area contributed by atoms with E-state index in [0.29, 0.717) is 17.9 Å². The lowest BCUT2D eigenvalue weighted by molar-refractivity contribution is -0.0191. The Labute approximate surface area is 120 Å². The van der Waals surface area contributed by atoms with Gasteiger partial charge in [-0.05, 0) is 18.7 Å².